The molecule has 3 amide bonds. The molecule has 1 fully saturated rings. The molecular formula is C20H15F2N3O3. The molecular weight excluding hydrogens is 368 g/mol. The maximum Gasteiger partial charge on any atom is 0.325 e. The number of benzene rings is 2. The number of hydrogen-bond donors (Lipinski definition) is 2. The van der Waals surface area contributed by atoms with E-state index in [1.54, 1.807) is 18.2 Å². The first kappa shape index (κ1) is 17.8. The van der Waals surface area contributed by atoms with Crippen molar-refractivity contribution in [3.05, 3.63) is 71.4 Å². The molecule has 3 aromatic rings. The third-order valence-electron chi connectivity index (χ3n) is 4.93. The van der Waals surface area contributed by atoms with E-state index in [-0.39, 0.29) is 5.56 Å². The Morgan fingerprint density at radius 1 is 1.14 bits per heavy atom. The number of para-hydroxylation sites is 1. The van der Waals surface area contributed by atoms with Crippen molar-refractivity contribution in [1.82, 2.24) is 15.2 Å². The number of ketones is 1. The van der Waals surface area contributed by atoms with Crippen molar-refractivity contribution in [1.29, 1.82) is 0 Å². The van der Waals surface area contributed by atoms with Crippen LogP contribution in [0.25, 0.3) is 10.9 Å². The average molecular weight is 383 g/mol. The standard InChI is InChI=1S/C20H15F2N3O3/c1-20(14-8-11(21)6-7-15(14)22)18(27)25(19(28)24-20)10-17(26)13-9-23-16-5-3-2-4-12(13)16/h2-9,23H,10H2,1H3,(H,24,28)/t20-/m0/s1. The van der Waals surface area contributed by atoms with Crippen LogP contribution in [0.15, 0.2) is 48.7 Å². The fourth-order valence-corrected chi connectivity index (χ4v) is 3.43. The highest BCUT2D eigenvalue weighted by Crippen LogP contribution is 2.31. The Balaban J connectivity index is 1.64. The van der Waals surface area contributed by atoms with E-state index in [2.05, 4.69) is 10.3 Å². The number of hydrogen-bond acceptors (Lipinski definition) is 3. The molecule has 2 aromatic carbocycles. The van der Waals surface area contributed by atoms with E-state index in [0.717, 1.165) is 23.7 Å². The highest BCUT2D eigenvalue weighted by atomic mass is 19.1. The number of halogens is 2. The number of fused-ring (bicyclic) bond motifs is 1. The van der Waals surface area contributed by atoms with Gasteiger partial charge in [-0.05, 0) is 31.2 Å². The normalized spacial score (nSPS) is 19.3. The molecule has 0 unspecified atom stereocenters. The van der Waals surface area contributed by atoms with E-state index in [1.807, 2.05) is 6.07 Å². The second kappa shape index (κ2) is 6.26. The molecule has 6 nitrogen and oxygen atoms in total. The van der Waals surface area contributed by atoms with Crippen LogP contribution in [0.4, 0.5) is 13.6 Å². The predicted octanol–water partition coefficient (Wildman–Crippen LogP) is 3.10. The second-order valence-electron chi connectivity index (χ2n) is 6.74. The number of Topliss-reactive ketones (excluding diaryl/α,β-unsaturated/α-hetero) is 1. The number of carbonyl (C=O) groups is 3. The molecule has 28 heavy (non-hydrogen) atoms. The molecule has 2 N–H and O–H groups in total. The van der Waals surface area contributed by atoms with Crippen molar-refractivity contribution >= 4 is 28.6 Å². The van der Waals surface area contributed by atoms with Gasteiger partial charge in [-0.15, -0.1) is 0 Å². The van der Waals surface area contributed by atoms with Gasteiger partial charge >= 0.3 is 6.03 Å². The summed E-state index contributed by atoms with van der Waals surface area (Å²) in [5.41, 5.74) is -1.02. The monoisotopic (exact) mass is 383 g/mol. The van der Waals surface area contributed by atoms with Gasteiger partial charge in [0.1, 0.15) is 17.2 Å². The highest BCUT2D eigenvalue weighted by molar-refractivity contribution is 6.14. The third-order valence-corrected chi connectivity index (χ3v) is 4.93. The van der Waals surface area contributed by atoms with Gasteiger partial charge in [0.05, 0.1) is 6.54 Å². The number of imide groups is 1. The number of urea groups is 1. The van der Waals surface area contributed by atoms with Crippen molar-refractivity contribution in [2.24, 2.45) is 0 Å². The summed E-state index contributed by atoms with van der Waals surface area (Å²) < 4.78 is 27.8. The van der Waals surface area contributed by atoms with Crippen LogP contribution in [0.1, 0.15) is 22.8 Å². The number of nitrogens with zero attached hydrogens (tertiary/aromatic N) is 1. The van der Waals surface area contributed by atoms with Crippen LogP contribution in [0.5, 0.6) is 0 Å². The number of amides is 3. The molecule has 1 aliphatic heterocycles. The van der Waals surface area contributed by atoms with Crippen LogP contribution in [-0.2, 0) is 10.3 Å². The summed E-state index contributed by atoms with van der Waals surface area (Å²) in [6.07, 6.45) is 1.51. The number of aromatic nitrogens is 1. The fraction of sp³-hybridized carbons (Fsp3) is 0.150. The molecule has 8 heteroatoms. The minimum Gasteiger partial charge on any atom is -0.360 e. The van der Waals surface area contributed by atoms with Crippen LogP contribution >= 0.6 is 0 Å². The van der Waals surface area contributed by atoms with Crippen molar-refractivity contribution < 1.29 is 23.2 Å². The van der Waals surface area contributed by atoms with Gasteiger partial charge in [0.2, 0.25) is 0 Å². The fourth-order valence-electron chi connectivity index (χ4n) is 3.43. The molecule has 2 heterocycles. The van der Waals surface area contributed by atoms with Gasteiger partial charge in [-0.3, -0.25) is 14.5 Å². The van der Waals surface area contributed by atoms with E-state index in [0.29, 0.717) is 15.8 Å². The molecule has 0 bridgehead atoms. The number of nitrogens with one attached hydrogen (secondary N) is 2. The molecule has 1 aliphatic rings. The van der Waals surface area contributed by atoms with E-state index in [4.69, 9.17) is 0 Å². The molecule has 1 atom stereocenters. The van der Waals surface area contributed by atoms with Gasteiger partial charge in [0, 0.05) is 28.2 Å². The number of aromatic amines is 1. The van der Waals surface area contributed by atoms with Gasteiger partial charge in [-0.25, -0.2) is 13.6 Å². The number of H-pyrrole nitrogens is 1. The van der Waals surface area contributed by atoms with E-state index in [1.165, 1.54) is 13.1 Å². The third kappa shape index (κ3) is 2.65. The largest absolute Gasteiger partial charge is 0.360 e. The van der Waals surface area contributed by atoms with Crippen LogP contribution in [0.3, 0.4) is 0 Å². The quantitative estimate of drug-likeness (QED) is 0.537. The Labute approximate surface area is 158 Å². The zero-order valence-electron chi connectivity index (χ0n) is 14.8. The van der Waals surface area contributed by atoms with Crippen molar-refractivity contribution in [3.63, 3.8) is 0 Å². The summed E-state index contributed by atoms with van der Waals surface area (Å²) in [7, 11) is 0. The number of rotatable bonds is 4. The minimum atomic E-state index is -1.80. The van der Waals surface area contributed by atoms with Gasteiger partial charge in [0.15, 0.2) is 5.78 Å². The zero-order chi connectivity index (χ0) is 20.1. The summed E-state index contributed by atoms with van der Waals surface area (Å²) in [5.74, 6) is -2.85. The van der Waals surface area contributed by atoms with Crippen LogP contribution in [0, 0.1) is 11.6 Å². The molecule has 142 valence electrons. The Bertz CT molecular complexity index is 1140. The molecule has 0 spiro atoms. The summed E-state index contributed by atoms with van der Waals surface area (Å²) >= 11 is 0. The SMILES string of the molecule is C[C@@]1(c2cc(F)ccc2F)NC(=O)N(CC(=O)c2c[nH]c3ccccc23)C1=O. The zero-order valence-corrected chi connectivity index (χ0v) is 14.8. The molecule has 0 saturated carbocycles. The molecule has 1 aromatic heterocycles. The highest BCUT2D eigenvalue weighted by Gasteiger charge is 2.50. The maximum atomic E-state index is 14.2. The second-order valence-corrected chi connectivity index (χ2v) is 6.74. The molecule has 1 saturated heterocycles. The predicted molar refractivity (Wildman–Crippen MR) is 96.6 cm³/mol. The summed E-state index contributed by atoms with van der Waals surface area (Å²) in [6, 6.07) is 8.94. The smallest absolute Gasteiger partial charge is 0.325 e. The Morgan fingerprint density at radius 3 is 2.68 bits per heavy atom. The lowest BCUT2D eigenvalue weighted by atomic mass is 9.91. The van der Waals surface area contributed by atoms with Crippen molar-refractivity contribution in [2.45, 2.75) is 12.5 Å². The molecule has 4 rings (SSSR count). The summed E-state index contributed by atoms with van der Waals surface area (Å²) in [6.45, 7) is 0.764. The number of carbonyl (C=O) groups excluding carboxylic acids is 3. The summed E-state index contributed by atoms with van der Waals surface area (Å²) in [4.78, 5) is 41.6. The van der Waals surface area contributed by atoms with E-state index < -0.39 is 41.4 Å². The van der Waals surface area contributed by atoms with Crippen LogP contribution < -0.4 is 5.32 Å². The van der Waals surface area contributed by atoms with Crippen LogP contribution in [0.2, 0.25) is 0 Å². The van der Waals surface area contributed by atoms with Crippen molar-refractivity contribution in [2.75, 3.05) is 6.54 Å². The first-order valence-corrected chi connectivity index (χ1v) is 8.50. The van der Waals surface area contributed by atoms with Gasteiger partial charge < -0.3 is 10.3 Å². The topological polar surface area (TPSA) is 82.3 Å². The van der Waals surface area contributed by atoms with Crippen molar-refractivity contribution in [3.8, 4) is 0 Å². The summed E-state index contributed by atoms with van der Waals surface area (Å²) in [5, 5.41) is 3.04. The Morgan fingerprint density at radius 2 is 1.89 bits per heavy atom. The molecule has 0 aliphatic carbocycles. The first-order valence-electron chi connectivity index (χ1n) is 8.50. The first-order chi connectivity index (χ1) is 13.3. The lowest BCUT2D eigenvalue weighted by Crippen LogP contribution is -2.42. The van der Waals surface area contributed by atoms with Crippen LogP contribution in [-0.4, -0.2) is 34.2 Å². The van der Waals surface area contributed by atoms with Gasteiger partial charge in [0.25, 0.3) is 5.91 Å². The lowest BCUT2D eigenvalue weighted by molar-refractivity contribution is -0.130. The maximum absolute atomic E-state index is 14.2. The Hall–Kier alpha value is -3.55. The lowest BCUT2D eigenvalue weighted by Gasteiger charge is -2.22. The Kier molecular flexibility index (Phi) is 3.99. The average Bonchev–Trinajstić information content (AvgIpc) is 3.19. The van der Waals surface area contributed by atoms with E-state index in [9.17, 15) is 23.2 Å². The minimum absolute atomic E-state index is 0.298. The van der Waals surface area contributed by atoms with E-state index >= 15 is 0 Å². The molecule has 0 radical (unpaired) electrons. The van der Waals surface area contributed by atoms with Gasteiger partial charge in [-0.1, -0.05) is 18.2 Å². The van der Waals surface area contributed by atoms with Gasteiger partial charge in [-0.2, -0.15) is 0 Å².